The third-order valence-corrected chi connectivity index (χ3v) is 4.80. The second-order valence-electron chi connectivity index (χ2n) is 7.68. The fourth-order valence-electron chi connectivity index (χ4n) is 3.01. The van der Waals surface area contributed by atoms with Gasteiger partial charge >= 0.3 is 6.18 Å². The van der Waals surface area contributed by atoms with Crippen molar-refractivity contribution < 1.29 is 22.4 Å². The lowest BCUT2D eigenvalue weighted by Crippen LogP contribution is -2.37. The molecule has 1 aromatic heterocycles. The Labute approximate surface area is 177 Å². The molecule has 1 amide bonds. The van der Waals surface area contributed by atoms with E-state index in [-0.39, 0.29) is 17.9 Å². The Morgan fingerprint density at radius 2 is 1.68 bits per heavy atom. The molecule has 8 heteroatoms. The number of rotatable bonds is 6. The Morgan fingerprint density at radius 3 is 2.39 bits per heavy atom. The highest BCUT2D eigenvalue weighted by Gasteiger charge is 2.32. The number of pyridine rings is 1. The predicted molar refractivity (Wildman–Crippen MR) is 111 cm³/mol. The molecule has 0 aliphatic carbocycles. The molecular formula is C23H21F4N3O. The monoisotopic (exact) mass is 431 g/mol. The third kappa shape index (κ3) is 5.59. The fraction of sp³-hybridized carbons (Fsp3) is 0.217. The summed E-state index contributed by atoms with van der Waals surface area (Å²) in [6, 6.07) is 13.9. The maximum Gasteiger partial charge on any atom is 0.416 e. The topological polar surface area (TPSA) is 54.0 Å². The summed E-state index contributed by atoms with van der Waals surface area (Å²) >= 11 is 0. The van der Waals surface area contributed by atoms with Gasteiger partial charge in [-0.1, -0.05) is 38.1 Å². The molecule has 2 aromatic carbocycles. The number of carbonyl (C=O) groups is 1. The van der Waals surface area contributed by atoms with E-state index < -0.39 is 28.9 Å². The first-order valence-electron chi connectivity index (χ1n) is 9.50. The SMILES string of the molecule is CC(C)(CNC(=O)c1cccnc1Nc1cccc(F)c1)c1cccc(C(F)(F)F)c1. The summed E-state index contributed by atoms with van der Waals surface area (Å²) < 4.78 is 52.5. The number of carbonyl (C=O) groups excluding carboxylic acids is 1. The van der Waals surface area contributed by atoms with E-state index in [1.807, 2.05) is 0 Å². The second kappa shape index (κ2) is 8.75. The van der Waals surface area contributed by atoms with Crippen molar-refractivity contribution in [3.05, 3.63) is 89.4 Å². The molecule has 0 radical (unpaired) electrons. The molecule has 3 rings (SSSR count). The van der Waals surface area contributed by atoms with Crippen molar-refractivity contribution in [2.75, 3.05) is 11.9 Å². The highest BCUT2D eigenvalue weighted by molar-refractivity contribution is 5.99. The van der Waals surface area contributed by atoms with Gasteiger partial charge in [0, 0.05) is 23.8 Å². The number of aromatic nitrogens is 1. The minimum Gasteiger partial charge on any atom is -0.351 e. The van der Waals surface area contributed by atoms with E-state index in [0.717, 1.165) is 12.1 Å². The van der Waals surface area contributed by atoms with Crippen LogP contribution in [0.15, 0.2) is 66.9 Å². The van der Waals surface area contributed by atoms with Gasteiger partial charge in [-0.05, 0) is 42.0 Å². The molecule has 0 aliphatic rings. The number of benzene rings is 2. The zero-order valence-electron chi connectivity index (χ0n) is 16.9. The maximum absolute atomic E-state index is 13.4. The molecule has 0 saturated heterocycles. The van der Waals surface area contributed by atoms with Gasteiger partial charge in [0.25, 0.3) is 5.91 Å². The zero-order chi connectivity index (χ0) is 22.6. The highest BCUT2D eigenvalue weighted by Crippen LogP contribution is 2.32. The van der Waals surface area contributed by atoms with Crippen molar-refractivity contribution in [3.63, 3.8) is 0 Å². The lowest BCUT2D eigenvalue weighted by atomic mass is 9.83. The number of amides is 1. The van der Waals surface area contributed by atoms with E-state index in [1.54, 1.807) is 38.1 Å². The van der Waals surface area contributed by atoms with Gasteiger partial charge in [-0.3, -0.25) is 4.79 Å². The maximum atomic E-state index is 13.4. The van der Waals surface area contributed by atoms with Gasteiger partial charge in [-0.15, -0.1) is 0 Å². The Bertz CT molecular complexity index is 1080. The Morgan fingerprint density at radius 1 is 0.968 bits per heavy atom. The van der Waals surface area contributed by atoms with Crippen molar-refractivity contribution in [2.45, 2.75) is 25.4 Å². The number of halogens is 4. The Kier molecular flexibility index (Phi) is 6.29. The average molecular weight is 431 g/mol. The molecular weight excluding hydrogens is 410 g/mol. The lowest BCUT2D eigenvalue weighted by molar-refractivity contribution is -0.137. The largest absolute Gasteiger partial charge is 0.416 e. The summed E-state index contributed by atoms with van der Waals surface area (Å²) in [5.74, 6) is -0.649. The summed E-state index contributed by atoms with van der Waals surface area (Å²) in [6.45, 7) is 3.59. The van der Waals surface area contributed by atoms with Crippen LogP contribution in [0.2, 0.25) is 0 Å². The van der Waals surface area contributed by atoms with Crippen molar-refractivity contribution in [2.24, 2.45) is 0 Å². The van der Waals surface area contributed by atoms with Crippen LogP contribution in [0.5, 0.6) is 0 Å². The molecule has 1 heterocycles. The number of nitrogens with one attached hydrogen (secondary N) is 2. The second-order valence-corrected chi connectivity index (χ2v) is 7.68. The van der Waals surface area contributed by atoms with Crippen molar-refractivity contribution >= 4 is 17.4 Å². The van der Waals surface area contributed by atoms with Crippen LogP contribution < -0.4 is 10.6 Å². The lowest BCUT2D eigenvalue weighted by Gasteiger charge is -2.26. The van der Waals surface area contributed by atoms with Crippen molar-refractivity contribution in [1.29, 1.82) is 0 Å². The van der Waals surface area contributed by atoms with Gasteiger partial charge in [0.05, 0.1) is 11.1 Å². The van der Waals surface area contributed by atoms with Gasteiger partial charge in [0.15, 0.2) is 0 Å². The van der Waals surface area contributed by atoms with Crippen LogP contribution in [0, 0.1) is 5.82 Å². The number of alkyl halides is 3. The van der Waals surface area contributed by atoms with E-state index in [4.69, 9.17) is 0 Å². The normalized spacial score (nSPS) is 11.8. The van der Waals surface area contributed by atoms with Crippen molar-refractivity contribution in [1.82, 2.24) is 10.3 Å². The van der Waals surface area contributed by atoms with Crippen LogP contribution in [0.25, 0.3) is 0 Å². The summed E-state index contributed by atoms with van der Waals surface area (Å²) in [7, 11) is 0. The third-order valence-electron chi connectivity index (χ3n) is 4.80. The molecule has 0 fully saturated rings. The van der Waals surface area contributed by atoms with Crippen LogP contribution in [-0.2, 0) is 11.6 Å². The predicted octanol–water partition coefficient (Wildman–Crippen LogP) is 5.69. The van der Waals surface area contributed by atoms with Crippen molar-refractivity contribution in [3.8, 4) is 0 Å². The van der Waals surface area contributed by atoms with E-state index in [9.17, 15) is 22.4 Å². The van der Waals surface area contributed by atoms with Gasteiger partial charge in [-0.2, -0.15) is 13.2 Å². The van der Waals surface area contributed by atoms with Crippen LogP contribution in [0.4, 0.5) is 29.1 Å². The Hall–Kier alpha value is -3.42. The zero-order valence-corrected chi connectivity index (χ0v) is 16.9. The van der Waals surface area contributed by atoms with Crippen LogP contribution in [0.1, 0.15) is 35.3 Å². The summed E-state index contributed by atoms with van der Waals surface area (Å²) in [5, 5.41) is 5.67. The van der Waals surface area contributed by atoms with E-state index in [2.05, 4.69) is 15.6 Å². The molecule has 0 bridgehead atoms. The minimum atomic E-state index is -4.44. The van der Waals surface area contributed by atoms with Crippen LogP contribution >= 0.6 is 0 Å². The number of hydrogen-bond donors (Lipinski definition) is 2. The summed E-state index contributed by atoms with van der Waals surface area (Å²) in [6.07, 6.45) is -2.95. The van der Waals surface area contributed by atoms with E-state index >= 15 is 0 Å². The summed E-state index contributed by atoms with van der Waals surface area (Å²) in [5.41, 5.74) is -0.385. The highest BCUT2D eigenvalue weighted by atomic mass is 19.4. The molecule has 162 valence electrons. The molecule has 31 heavy (non-hydrogen) atoms. The van der Waals surface area contributed by atoms with Gasteiger partial charge in [0.2, 0.25) is 0 Å². The quantitative estimate of drug-likeness (QED) is 0.493. The molecule has 0 spiro atoms. The first kappa shape index (κ1) is 22.3. The van der Waals surface area contributed by atoms with Gasteiger partial charge < -0.3 is 10.6 Å². The van der Waals surface area contributed by atoms with Gasteiger partial charge in [-0.25, -0.2) is 9.37 Å². The molecule has 0 saturated carbocycles. The Balaban J connectivity index is 1.75. The first-order chi connectivity index (χ1) is 14.6. The van der Waals surface area contributed by atoms with E-state index in [0.29, 0.717) is 11.3 Å². The molecule has 0 atom stereocenters. The van der Waals surface area contributed by atoms with Gasteiger partial charge in [0.1, 0.15) is 11.6 Å². The molecule has 3 aromatic rings. The summed E-state index contributed by atoms with van der Waals surface area (Å²) in [4.78, 5) is 16.9. The molecule has 2 N–H and O–H groups in total. The molecule has 0 aliphatic heterocycles. The van der Waals surface area contributed by atoms with Crippen LogP contribution in [0.3, 0.4) is 0 Å². The average Bonchev–Trinajstić information content (AvgIpc) is 2.72. The standard InChI is InChI=1S/C23H21F4N3O/c1-22(2,15-6-3-7-16(12-15)23(25,26)27)14-29-21(31)19-10-5-11-28-20(19)30-18-9-4-8-17(24)13-18/h3-13H,14H2,1-2H3,(H,28,30)(H,29,31). The number of anilines is 2. The fourth-order valence-corrected chi connectivity index (χ4v) is 3.01. The first-order valence-corrected chi connectivity index (χ1v) is 9.50. The van der Waals surface area contributed by atoms with E-state index in [1.165, 1.54) is 30.5 Å². The molecule has 4 nitrogen and oxygen atoms in total. The smallest absolute Gasteiger partial charge is 0.351 e. The van der Waals surface area contributed by atoms with Crippen LogP contribution in [-0.4, -0.2) is 17.4 Å². The minimum absolute atomic E-state index is 0.0987. The number of nitrogens with zero attached hydrogens (tertiary/aromatic N) is 1. The number of hydrogen-bond acceptors (Lipinski definition) is 3. The molecule has 0 unspecified atom stereocenters.